The van der Waals surface area contributed by atoms with E-state index in [1.807, 2.05) is 19.9 Å². The number of ether oxygens (including phenoxy) is 4. The fourth-order valence-corrected chi connectivity index (χ4v) is 7.27. The highest BCUT2D eigenvalue weighted by molar-refractivity contribution is 8.29. The summed E-state index contributed by atoms with van der Waals surface area (Å²) in [5.74, 6) is -0.852. The van der Waals surface area contributed by atoms with Crippen LogP contribution in [0.3, 0.4) is 0 Å². The molecule has 0 spiro atoms. The Morgan fingerprint density at radius 2 is 1.71 bits per heavy atom. The average Bonchev–Trinajstić information content (AvgIpc) is 3.54. The number of thioether (sulfide) groups is 2. The maximum Gasteiger partial charge on any atom is 0.346 e. The second-order valence-corrected chi connectivity index (χ2v) is 11.2. The molecule has 0 aliphatic carbocycles. The molecule has 1 fully saturated rings. The Hall–Kier alpha value is -2.34. The molecule has 1 amide bonds. The van der Waals surface area contributed by atoms with Crippen LogP contribution in [-0.2, 0) is 28.6 Å². The number of nitrogens with zero attached hydrogens (tertiary/aromatic N) is 1. The summed E-state index contributed by atoms with van der Waals surface area (Å²) in [5.41, 5.74) is 1.10. The Morgan fingerprint density at radius 1 is 1.09 bits per heavy atom. The van der Waals surface area contributed by atoms with Gasteiger partial charge in [-0.2, -0.15) is 0 Å². The summed E-state index contributed by atoms with van der Waals surface area (Å²) in [4.78, 5) is 41.0. The van der Waals surface area contributed by atoms with Crippen LogP contribution >= 0.6 is 35.7 Å². The van der Waals surface area contributed by atoms with Gasteiger partial charge in [-0.1, -0.05) is 35.7 Å². The molecule has 186 valence electrons. The first-order valence-electron chi connectivity index (χ1n) is 10.9. The number of thiocarbonyl (C=S) groups is 1. The first-order chi connectivity index (χ1) is 16.6. The second kappa shape index (κ2) is 9.96. The van der Waals surface area contributed by atoms with Crippen molar-refractivity contribution in [2.24, 2.45) is 0 Å². The van der Waals surface area contributed by atoms with Crippen molar-refractivity contribution in [2.75, 3.05) is 32.8 Å². The van der Waals surface area contributed by atoms with E-state index in [0.29, 0.717) is 44.7 Å². The number of anilines is 1. The number of carbonyl (C=O) groups is 3. The van der Waals surface area contributed by atoms with Gasteiger partial charge in [0.25, 0.3) is 5.91 Å². The molecule has 1 atom stereocenters. The maximum atomic E-state index is 13.7. The van der Waals surface area contributed by atoms with Crippen molar-refractivity contribution in [2.45, 2.75) is 38.3 Å². The van der Waals surface area contributed by atoms with Crippen molar-refractivity contribution in [1.29, 1.82) is 0 Å². The van der Waals surface area contributed by atoms with E-state index in [9.17, 15) is 14.4 Å². The quantitative estimate of drug-likeness (QED) is 0.319. The van der Waals surface area contributed by atoms with Gasteiger partial charge < -0.3 is 18.9 Å². The fraction of sp³-hybridized carbons (Fsp3) is 0.417. The van der Waals surface area contributed by atoms with Gasteiger partial charge in [0, 0.05) is 23.8 Å². The van der Waals surface area contributed by atoms with Crippen molar-refractivity contribution in [1.82, 2.24) is 0 Å². The molecule has 3 heterocycles. The van der Waals surface area contributed by atoms with Gasteiger partial charge in [0.15, 0.2) is 0 Å². The minimum atomic E-state index is -0.902. The van der Waals surface area contributed by atoms with Gasteiger partial charge in [0.1, 0.15) is 21.7 Å². The van der Waals surface area contributed by atoms with Crippen LogP contribution in [0.5, 0.6) is 5.75 Å². The molecule has 0 N–H and O–H groups in total. The monoisotopic (exact) mass is 535 g/mol. The largest absolute Gasteiger partial charge is 0.497 e. The van der Waals surface area contributed by atoms with Gasteiger partial charge >= 0.3 is 11.9 Å². The lowest BCUT2D eigenvalue weighted by molar-refractivity contribution is -0.138. The molecule has 35 heavy (non-hydrogen) atoms. The van der Waals surface area contributed by atoms with E-state index >= 15 is 0 Å². The van der Waals surface area contributed by atoms with Gasteiger partial charge in [-0.25, -0.2) is 9.59 Å². The van der Waals surface area contributed by atoms with Gasteiger partial charge in [0.2, 0.25) is 0 Å². The summed E-state index contributed by atoms with van der Waals surface area (Å²) >= 11 is 8.20. The average molecular weight is 536 g/mol. The van der Waals surface area contributed by atoms with Crippen LogP contribution in [0.2, 0.25) is 0 Å². The van der Waals surface area contributed by atoms with E-state index in [0.717, 1.165) is 29.9 Å². The number of esters is 2. The first-order valence-corrected chi connectivity index (χ1v) is 12.9. The topological polar surface area (TPSA) is 91.4 Å². The molecular formula is C24H25NO7S3. The zero-order chi connectivity index (χ0) is 25.5. The smallest absolute Gasteiger partial charge is 0.346 e. The zero-order valence-electron chi connectivity index (χ0n) is 20.0. The number of hydrogen-bond acceptors (Lipinski definition) is 10. The Kier molecular flexibility index (Phi) is 7.33. The minimum absolute atomic E-state index is 0.139. The van der Waals surface area contributed by atoms with E-state index in [2.05, 4.69) is 0 Å². The van der Waals surface area contributed by atoms with Gasteiger partial charge in [-0.05, 0) is 38.8 Å². The summed E-state index contributed by atoms with van der Waals surface area (Å²) in [6, 6.07) is 5.42. The van der Waals surface area contributed by atoms with Crippen molar-refractivity contribution < 1.29 is 33.3 Å². The molecule has 1 aromatic carbocycles. The zero-order valence-corrected chi connectivity index (χ0v) is 22.4. The summed E-state index contributed by atoms with van der Waals surface area (Å²) < 4.78 is 21.6. The Morgan fingerprint density at radius 3 is 2.23 bits per heavy atom. The van der Waals surface area contributed by atoms with E-state index in [1.54, 1.807) is 24.1 Å². The number of carbonyl (C=O) groups excluding carboxylic acids is 3. The Balaban J connectivity index is 1.90. The molecule has 3 aliphatic rings. The molecule has 0 saturated carbocycles. The minimum Gasteiger partial charge on any atom is -0.497 e. The van der Waals surface area contributed by atoms with Crippen molar-refractivity contribution in [3.63, 3.8) is 0 Å². The predicted octanol–water partition coefficient (Wildman–Crippen LogP) is 4.08. The van der Waals surface area contributed by atoms with Crippen LogP contribution in [0.25, 0.3) is 5.57 Å². The molecule has 0 bridgehead atoms. The number of methoxy groups -OCH3 is 3. The lowest BCUT2D eigenvalue weighted by Crippen LogP contribution is -2.58. The number of fused-ring (bicyclic) bond motifs is 1. The highest BCUT2D eigenvalue weighted by Gasteiger charge is 2.48. The molecule has 1 saturated heterocycles. The summed E-state index contributed by atoms with van der Waals surface area (Å²) in [6.45, 7) is 4.30. The molecule has 4 rings (SSSR count). The third-order valence-electron chi connectivity index (χ3n) is 6.02. The summed E-state index contributed by atoms with van der Waals surface area (Å²) in [7, 11) is 4.07. The number of amides is 1. The van der Waals surface area contributed by atoms with Crippen LogP contribution in [0.4, 0.5) is 5.69 Å². The Bertz CT molecular complexity index is 1150. The van der Waals surface area contributed by atoms with E-state index in [1.165, 1.54) is 14.2 Å². The molecule has 11 heteroatoms. The van der Waals surface area contributed by atoms with Gasteiger partial charge in [0.05, 0.1) is 41.7 Å². The van der Waals surface area contributed by atoms with Crippen molar-refractivity contribution in [3.05, 3.63) is 37.8 Å². The standard InChI is InChI=1S/C24H25NO7S3/c1-24(2)19(33)16(23-34-17(21(27)30-4)18(35-23)22(28)31-5)13-9-8-12(29-3)11-14(13)25(24)20(26)15-7-6-10-32-15/h8-9,11,15H,6-7,10H2,1-5H3/t15-/m1/s1. The van der Waals surface area contributed by atoms with Crippen LogP contribution in [0.1, 0.15) is 32.3 Å². The highest BCUT2D eigenvalue weighted by Crippen LogP contribution is 2.56. The summed E-state index contributed by atoms with van der Waals surface area (Å²) in [6.07, 6.45) is 0.923. The van der Waals surface area contributed by atoms with Crippen molar-refractivity contribution >= 4 is 69.7 Å². The van der Waals surface area contributed by atoms with Crippen LogP contribution in [-0.4, -0.2) is 62.3 Å². The Labute approximate surface area is 217 Å². The number of rotatable bonds is 4. The number of benzene rings is 1. The molecule has 1 aromatic rings. The van der Waals surface area contributed by atoms with Crippen molar-refractivity contribution in [3.8, 4) is 5.75 Å². The highest BCUT2D eigenvalue weighted by atomic mass is 32.2. The van der Waals surface area contributed by atoms with Crippen LogP contribution in [0, 0.1) is 0 Å². The van der Waals surface area contributed by atoms with Crippen LogP contribution in [0.15, 0.2) is 32.2 Å². The van der Waals surface area contributed by atoms with Crippen LogP contribution < -0.4 is 9.64 Å². The second-order valence-electron chi connectivity index (χ2n) is 8.45. The third-order valence-corrected chi connectivity index (χ3v) is 9.29. The summed E-state index contributed by atoms with van der Waals surface area (Å²) in [5, 5.41) is 0. The lowest BCUT2D eigenvalue weighted by atomic mass is 9.83. The van der Waals surface area contributed by atoms with Gasteiger partial charge in [-0.15, -0.1) is 0 Å². The first kappa shape index (κ1) is 25.7. The SMILES string of the molecule is COC(=O)C1=C(C(=O)OC)SC(=C2C(=S)C(C)(C)N(C(=O)[C@H]3CCCO3)c3cc(OC)ccc32)S1. The fourth-order valence-electron chi connectivity index (χ4n) is 4.23. The normalized spacial score (nSPS) is 21.2. The van der Waals surface area contributed by atoms with E-state index in [4.69, 9.17) is 31.2 Å². The molecule has 8 nitrogen and oxygen atoms in total. The molecular weight excluding hydrogens is 510 g/mol. The maximum absolute atomic E-state index is 13.7. The lowest BCUT2D eigenvalue weighted by Gasteiger charge is -2.46. The predicted molar refractivity (Wildman–Crippen MR) is 139 cm³/mol. The van der Waals surface area contributed by atoms with E-state index in [-0.39, 0.29) is 15.7 Å². The van der Waals surface area contributed by atoms with E-state index < -0.39 is 23.6 Å². The third kappa shape index (κ3) is 4.39. The number of hydrogen-bond donors (Lipinski definition) is 0. The molecule has 0 aromatic heterocycles. The molecule has 0 unspecified atom stereocenters. The molecule has 3 aliphatic heterocycles. The molecule has 0 radical (unpaired) electrons. The van der Waals surface area contributed by atoms with Gasteiger partial charge in [-0.3, -0.25) is 9.69 Å².